The maximum absolute atomic E-state index is 13.0. The molecule has 0 fully saturated rings. The topological polar surface area (TPSA) is 96.9 Å². The van der Waals surface area contributed by atoms with E-state index in [1.54, 1.807) is 18.2 Å². The van der Waals surface area contributed by atoms with Gasteiger partial charge in [-0.1, -0.05) is 12.1 Å². The lowest BCUT2D eigenvalue weighted by atomic mass is 10.2. The van der Waals surface area contributed by atoms with E-state index in [-0.39, 0.29) is 28.3 Å². The molecule has 0 aliphatic heterocycles. The first-order valence-electron chi connectivity index (χ1n) is 9.18. The van der Waals surface area contributed by atoms with E-state index in [4.69, 9.17) is 0 Å². The highest BCUT2D eigenvalue weighted by Gasteiger charge is 2.32. The Kier molecular flexibility index (Phi) is 6.16. The van der Waals surface area contributed by atoms with E-state index in [0.29, 0.717) is 11.4 Å². The number of halogens is 3. The van der Waals surface area contributed by atoms with Gasteiger partial charge in [0.05, 0.1) is 4.90 Å². The summed E-state index contributed by atoms with van der Waals surface area (Å²) < 4.78 is 62.6. The van der Waals surface area contributed by atoms with Crippen LogP contribution >= 0.6 is 0 Å². The second-order valence-electron chi connectivity index (χ2n) is 7.11. The predicted octanol–water partition coefficient (Wildman–Crippen LogP) is 4.52. The van der Waals surface area contributed by atoms with Crippen molar-refractivity contribution in [1.82, 2.24) is 15.0 Å². The average Bonchev–Trinajstić information content (AvgIpc) is 2.66. The minimum Gasteiger partial charge on any atom is -0.368 e. The zero-order valence-corrected chi connectivity index (χ0v) is 17.7. The molecule has 2 heterocycles. The number of anilines is 3. The number of rotatable bonds is 6. The standard InChI is InChI=1S/C20H20F3N5O2S/c1-12(2)25-17-11-18(26-14-7-8-24-16(10-14)20(21,22)23)28-19(27-17)13-5-4-6-15(9-13)31(3,29)30/h4-12H,1-3H3,(H2,24,25,26,27,28). The molecule has 0 saturated carbocycles. The fraction of sp³-hybridized carbons (Fsp3) is 0.250. The van der Waals surface area contributed by atoms with Gasteiger partial charge in [-0.05, 0) is 38.1 Å². The maximum atomic E-state index is 13.0. The van der Waals surface area contributed by atoms with Crippen molar-refractivity contribution in [1.29, 1.82) is 0 Å². The minimum atomic E-state index is -4.58. The molecule has 2 aromatic heterocycles. The van der Waals surface area contributed by atoms with Crippen molar-refractivity contribution in [2.24, 2.45) is 0 Å². The molecule has 7 nitrogen and oxygen atoms in total. The summed E-state index contributed by atoms with van der Waals surface area (Å²) in [4.78, 5) is 12.2. The Morgan fingerprint density at radius 2 is 1.71 bits per heavy atom. The van der Waals surface area contributed by atoms with Crippen LogP contribution in [0, 0.1) is 0 Å². The molecule has 0 aliphatic carbocycles. The molecule has 0 atom stereocenters. The van der Waals surface area contributed by atoms with Crippen molar-refractivity contribution in [3.8, 4) is 11.4 Å². The van der Waals surface area contributed by atoms with Crippen LogP contribution in [0.3, 0.4) is 0 Å². The Labute approximate surface area is 177 Å². The summed E-state index contributed by atoms with van der Waals surface area (Å²) in [6.07, 6.45) is -2.43. The number of sulfone groups is 1. The van der Waals surface area contributed by atoms with E-state index in [1.165, 1.54) is 18.2 Å². The van der Waals surface area contributed by atoms with Gasteiger partial charge in [-0.25, -0.2) is 18.4 Å². The molecule has 0 radical (unpaired) electrons. The van der Waals surface area contributed by atoms with E-state index in [2.05, 4.69) is 25.6 Å². The quantitative estimate of drug-likeness (QED) is 0.569. The normalized spacial score (nSPS) is 12.1. The molecule has 31 heavy (non-hydrogen) atoms. The third-order valence-electron chi connectivity index (χ3n) is 4.01. The van der Waals surface area contributed by atoms with E-state index >= 15 is 0 Å². The molecule has 0 bridgehead atoms. The maximum Gasteiger partial charge on any atom is 0.433 e. The van der Waals surface area contributed by atoms with Gasteiger partial charge >= 0.3 is 6.18 Å². The lowest BCUT2D eigenvalue weighted by Crippen LogP contribution is -2.12. The van der Waals surface area contributed by atoms with Crippen molar-refractivity contribution in [3.05, 3.63) is 54.4 Å². The van der Waals surface area contributed by atoms with Crippen LogP contribution in [0.5, 0.6) is 0 Å². The third kappa shape index (κ3) is 5.91. The molecular weight excluding hydrogens is 431 g/mol. The lowest BCUT2D eigenvalue weighted by molar-refractivity contribution is -0.141. The fourth-order valence-electron chi connectivity index (χ4n) is 2.69. The van der Waals surface area contributed by atoms with Gasteiger partial charge in [0, 0.05) is 35.8 Å². The van der Waals surface area contributed by atoms with Crippen LogP contribution in [0.1, 0.15) is 19.5 Å². The van der Waals surface area contributed by atoms with E-state index in [1.807, 2.05) is 13.8 Å². The van der Waals surface area contributed by atoms with Gasteiger partial charge in [-0.15, -0.1) is 0 Å². The largest absolute Gasteiger partial charge is 0.433 e. The molecule has 3 aromatic rings. The average molecular weight is 451 g/mol. The molecule has 164 valence electrons. The summed E-state index contributed by atoms with van der Waals surface area (Å²) in [5, 5.41) is 5.96. The highest BCUT2D eigenvalue weighted by Crippen LogP contribution is 2.30. The number of aromatic nitrogens is 3. The Morgan fingerprint density at radius 3 is 2.35 bits per heavy atom. The van der Waals surface area contributed by atoms with Gasteiger partial charge in [-0.2, -0.15) is 13.2 Å². The monoisotopic (exact) mass is 451 g/mol. The molecule has 11 heteroatoms. The number of nitrogens with zero attached hydrogens (tertiary/aromatic N) is 3. The first-order valence-corrected chi connectivity index (χ1v) is 11.1. The zero-order valence-electron chi connectivity index (χ0n) is 16.9. The van der Waals surface area contributed by atoms with Crippen LogP contribution in [0.25, 0.3) is 11.4 Å². The molecule has 0 unspecified atom stereocenters. The van der Waals surface area contributed by atoms with Crippen LogP contribution in [0.15, 0.2) is 53.6 Å². The second kappa shape index (κ2) is 8.50. The van der Waals surface area contributed by atoms with Crippen molar-refractivity contribution in [2.75, 3.05) is 16.9 Å². The van der Waals surface area contributed by atoms with Crippen molar-refractivity contribution in [2.45, 2.75) is 31.0 Å². The van der Waals surface area contributed by atoms with Gasteiger partial charge in [-0.3, -0.25) is 4.98 Å². The van der Waals surface area contributed by atoms with Crippen LogP contribution < -0.4 is 10.6 Å². The first kappa shape index (κ1) is 22.5. The van der Waals surface area contributed by atoms with Gasteiger partial charge in [0.15, 0.2) is 15.7 Å². The van der Waals surface area contributed by atoms with E-state index < -0.39 is 21.7 Å². The summed E-state index contributed by atoms with van der Waals surface area (Å²) in [6.45, 7) is 3.80. The Morgan fingerprint density at radius 1 is 1.00 bits per heavy atom. The van der Waals surface area contributed by atoms with Gasteiger partial charge in [0.25, 0.3) is 0 Å². The van der Waals surface area contributed by atoms with Crippen LogP contribution in [0.2, 0.25) is 0 Å². The summed E-state index contributed by atoms with van der Waals surface area (Å²) >= 11 is 0. The van der Waals surface area contributed by atoms with E-state index in [0.717, 1.165) is 18.5 Å². The summed E-state index contributed by atoms with van der Waals surface area (Å²) in [5.74, 6) is 0.873. The minimum absolute atomic E-state index is 0.0238. The number of benzene rings is 1. The number of alkyl halides is 3. The molecule has 0 spiro atoms. The predicted molar refractivity (Wildman–Crippen MR) is 112 cm³/mol. The van der Waals surface area contributed by atoms with E-state index in [9.17, 15) is 21.6 Å². The molecule has 3 rings (SSSR count). The molecule has 0 saturated heterocycles. The van der Waals surface area contributed by atoms with Crippen molar-refractivity contribution >= 4 is 27.2 Å². The number of hydrogen-bond donors (Lipinski definition) is 2. The van der Waals surface area contributed by atoms with Gasteiger partial charge in [0.1, 0.15) is 17.3 Å². The lowest BCUT2D eigenvalue weighted by Gasteiger charge is -2.14. The number of pyridine rings is 1. The Bertz CT molecular complexity index is 1200. The first-order chi connectivity index (χ1) is 14.4. The SMILES string of the molecule is CC(C)Nc1cc(Nc2ccnc(C(F)(F)F)c2)nc(-c2cccc(S(C)(=O)=O)c2)n1. The van der Waals surface area contributed by atoms with Crippen LogP contribution in [-0.4, -0.2) is 35.7 Å². The Balaban J connectivity index is 2.04. The molecule has 2 N–H and O–H groups in total. The third-order valence-corrected chi connectivity index (χ3v) is 5.12. The smallest absolute Gasteiger partial charge is 0.368 e. The van der Waals surface area contributed by atoms with Crippen molar-refractivity contribution < 1.29 is 21.6 Å². The van der Waals surface area contributed by atoms with Crippen LogP contribution in [0.4, 0.5) is 30.5 Å². The summed E-state index contributed by atoms with van der Waals surface area (Å²) in [5.41, 5.74) is -0.440. The molecule has 0 aliphatic rings. The Hall–Kier alpha value is -3.21. The second-order valence-corrected chi connectivity index (χ2v) is 9.13. The molecule has 0 amide bonds. The van der Waals surface area contributed by atoms with Gasteiger partial charge in [0.2, 0.25) is 0 Å². The molecule has 1 aromatic carbocycles. The van der Waals surface area contributed by atoms with Crippen LogP contribution in [-0.2, 0) is 16.0 Å². The number of hydrogen-bond acceptors (Lipinski definition) is 7. The fourth-order valence-corrected chi connectivity index (χ4v) is 3.35. The summed E-state index contributed by atoms with van der Waals surface area (Å²) in [6, 6.07) is 9.97. The zero-order chi connectivity index (χ0) is 22.8. The summed E-state index contributed by atoms with van der Waals surface area (Å²) in [7, 11) is -3.44. The molecular formula is C20H20F3N5O2S. The van der Waals surface area contributed by atoms with Crippen molar-refractivity contribution in [3.63, 3.8) is 0 Å². The van der Waals surface area contributed by atoms with Gasteiger partial charge < -0.3 is 10.6 Å². The highest BCUT2D eigenvalue weighted by molar-refractivity contribution is 7.90. The number of nitrogens with one attached hydrogen (secondary N) is 2. The highest BCUT2D eigenvalue weighted by atomic mass is 32.2.